The highest BCUT2D eigenvalue weighted by Crippen LogP contribution is 2.35. The standard InChI is InChI=1S/C20H24N2O4S/c1-4-17-16-6-8-27-18(16)5-7-22(17)19(23)12-21-20(24)13-9-14(25-2)11-15(10-13)26-3/h6,8-11,17H,4-5,7,12H2,1-3H3,(H,21,24)/t17-/m1/s1. The molecule has 0 aliphatic carbocycles. The van der Waals surface area contributed by atoms with Crippen molar-refractivity contribution >= 4 is 23.2 Å². The van der Waals surface area contributed by atoms with Gasteiger partial charge in [0.15, 0.2) is 0 Å². The number of ether oxygens (including phenoxy) is 2. The Labute approximate surface area is 163 Å². The van der Waals surface area contributed by atoms with Crippen molar-refractivity contribution in [1.82, 2.24) is 10.2 Å². The lowest BCUT2D eigenvalue weighted by Crippen LogP contribution is -2.44. The molecule has 0 saturated heterocycles. The number of carbonyl (C=O) groups is 2. The Balaban J connectivity index is 1.66. The van der Waals surface area contributed by atoms with Crippen LogP contribution in [0.25, 0.3) is 0 Å². The third-order valence-corrected chi connectivity index (χ3v) is 5.81. The quantitative estimate of drug-likeness (QED) is 0.826. The largest absolute Gasteiger partial charge is 0.497 e. The van der Waals surface area contributed by atoms with Crippen molar-refractivity contribution in [2.75, 3.05) is 27.3 Å². The number of carbonyl (C=O) groups excluding carboxylic acids is 2. The molecule has 27 heavy (non-hydrogen) atoms. The highest BCUT2D eigenvalue weighted by atomic mass is 32.1. The molecule has 1 aromatic carbocycles. The van der Waals surface area contributed by atoms with Crippen LogP contribution in [0.2, 0.25) is 0 Å². The number of fused-ring (bicyclic) bond motifs is 1. The Morgan fingerprint density at radius 3 is 2.56 bits per heavy atom. The average molecular weight is 388 g/mol. The summed E-state index contributed by atoms with van der Waals surface area (Å²) < 4.78 is 10.4. The molecule has 2 aromatic rings. The number of thiophene rings is 1. The van der Waals surface area contributed by atoms with Crippen LogP contribution in [0.15, 0.2) is 29.6 Å². The van der Waals surface area contributed by atoms with Gasteiger partial charge in [-0.15, -0.1) is 11.3 Å². The number of nitrogens with zero attached hydrogens (tertiary/aromatic N) is 1. The van der Waals surface area contributed by atoms with Crippen molar-refractivity contribution in [3.8, 4) is 11.5 Å². The Morgan fingerprint density at radius 2 is 1.93 bits per heavy atom. The van der Waals surface area contributed by atoms with Crippen molar-refractivity contribution < 1.29 is 19.1 Å². The van der Waals surface area contributed by atoms with E-state index >= 15 is 0 Å². The number of amides is 2. The number of rotatable bonds is 6. The minimum Gasteiger partial charge on any atom is -0.497 e. The number of hydrogen-bond donors (Lipinski definition) is 1. The normalized spacial score (nSPS) is 15.8. The Kier molecular flexibility index (Phi) is 6.01. The lowest BCUT2D eigenvalue weighted by molar-refractivity contribution is -0.133. The van der Waals surface area contributed by atoms with Crippen LogP contribution in [-0.2, 0) is 11.2 Å². The Bertz CT molecular complexity index is 811. The van der Waals surface area contributed by atoms with Gasteiger partial charge < -0.3 is 19.7 Å². The fourth-order valence-electron chi connectivity index (χ4n) is 3.43. The van der Waals surface area contributed by atoms with Gasteiger partial charge in [0, 0.05) is 23.1 Å². The first-order valence-corrected chi connectivity index (χ1v) is 9.82. The predicted molar refractivity (Wildman–Crippen MR) is 105 cm³/mol. The maximum absolute atomic E-state index is 12.7. The van der Waals surface area contributed by atoms with Crippen LogP contribution in [0.5, 0.6) is 11.5 Å². The minimum atomic E-state index is -0.332. The maximum atomic E-state index is 12.7. The fourth-order valence-corrected chi connectivity index (χ4v) is 4.36. The van der Waals surface area contributed by atoms with E-state index in [0.29, 0.717) is 23.6 Å². The van der Waals surface area contributed by atoms with E-state index in [9.17, 15) is 9.59 Å². The first-order chi connectivity index (χ1) is 13.1. The predicted octanol–water partition coefficient (Wildman–Crippen LogP) is 3.03. The summed E-state index contributed by atoms with van der Waals surface area (Å²) in [5, 5.41) is 4.81. The third-order valence-electron chi connectivity index (χ3n) is 4.82. The van der Waals surface area contributed by atoms with Gasteiger partial charge in [-0.1, -0.05) is 6.92 Å². The first kappa shape index (κ1) is 19.2. The molecule has 144 valence electrons. The molecule has 0 unspecified atom stereocenters. The SMILES string of the molecule is CC[C@@H]1c2ccsc2CCN1C(=O)CNC(=O)c1cc(OC)cc(OC)c1. The molecule has 1 aliphatic rings. The van der Waals surface area contributed by atoms with E-state index in [1.54, 1.807) is 29.5 Å². The molecule has 1 aromatic heterocycles. The molecule has 2 amide bonds. The molecule has 0 spiro atoms. The van der Waals surface area contributed by atoms with E-state index in [4.69, 9.17) is 9.47 Å². The van der Waals surface area contributed by atoms with Gasteiger partial charge in [-0.05, 0) is 42.0 Å². The number of benzene rings is 1. The summed E-state index contributed by atoms with van der Waals surface area (Å²) in [4.78, 5) is 28.5. The highest BCUT2D eigenvalue weighted by molar-refractivity contribution is 7.10. The molecule has 1 aliphatic heterocycles. The topological polar surface area (TPSA) is 67.9 Å². The van der Waals surface area contributed by atoms with E-state index in [1.807, 2.05) is 4.90 Å². The third kappa shape index (κ3) is 4.08. The van der Waals surface area contributed by atoms with Gasteiger partial charge in [0.2, 0.25) is 5.91 Å². The fraction of sp³-hybridized carbons (Fsp3) is 0.400. The van der Waals surface area contributed by atoms with Gasteiger partial charge in [0.05, 0.1) is 26.8 Å². The molecule has 3 rings (SSSR count). The smallest absolute Gasteiger partial charge is 0.251 e. The second kappa shape index (κ2) is 8.43. The molecule has 0 saturated carbocycles. The van der Waals surface area contributed by atoms with Crippen LogP contribution in [0.3, 0.4) is 0 Å². The van der Waals surface area contributed by atoms with Crippen molar-refractivity contribution in [2.24, 2.45) is 0 Å². The summed E-state index contributed by atoms with van der Waals surface area (Å²) in [6.45, 7) is 2.74. The molecule has 1 atom stereocenters. The second-order valence-electron chi connectivity index (χ2n) is 6.34. The van der Waals surface area contributed by atoms with Crippen molar-refractivity contribution in [2.45, 2.75) is 25.8 Å². The zero-order valence-corrected chi connectivity index (χ0v) is 16.6. The zero-order valence-electron chi connectivity index (χ0n) is 15.8. The van der Waals surface area contributed by atoms with E-state index < -0.39 is 0 Å². The molecule has 0 bridgehead atoms. The number of nitrogens with one attached hydrogen (secondary N) is 1. The molecule has 1 N–H and O–H groups in total. The van der Waals surface area contributed by atoms with Gasteiger partial charge in [-0.3, -0.25) is 9.59 Å². The summed E-state index contributed by atoms with van der Waals surface area (Å²) in [7, 11) is 3.06. The summed E-state index contributed by atoms with van der Waals surface area (Å²) in [5.41, 5.74) is 1.63. The Morgan fingerprint density at radius 1 is 1.22 bits per heavy atom. The zero-order chi connectivity index (χ0) is 19.4. The lowest BCUT2D eigenvalue weighted by Gasteiger charge is -2.35. The highest BCUT2D eigenvalue weighted by Gasteiger charge is 2.30. The second-order valence-corrected chi connectivity index (χ2v) is 7.34. The molecular weight excluding hydrogens is 364 g/mol. The number of hydrogen-bond acceptors (Lipinski definition) is 5. The van der Waals surface area contributed by atoms with E-state index in [2.05, 4.69) is 23.7 Å². The van der Waals surface area contributed by atoms with Gasteiger partial charge in [-0.25, -0.2) is 0 Å². The summed E-state index contributed by atoms with van der Waals surface area (Å²) in [5.74, 6) is 0.652. The summed E-state index contributed by atoms with van der Waals surface area (Å²) in [6.07, 6.45) is 1.73. The van der Waals surface area contributed by atoms with Crippen LogP contribution < -0.4 is 14.8 Å². The van der Waals surface area contributed by atoms with E-state index in [1.165, 1.54) is 24.7 Å². The van der Waals surface area contributed by atoms with Crippen LogP contribution in [0.1, 0.15) is 40.2 Å². The average Bonchev–Trinajstić information content (AvgIpc) is 3.19. The summed E-state index contributed by atoms with van der Waals surface area (Å²) in [6, 6.07) is 7.13. The van der Waals surface area contributed by atoms with Crippen molar-refractivity contribution in [3.63, 3.8) is 0 Å². The maximum Gasteiger partial charge on any atom is 0.251 e. The van der Waals surface area contributed by atoms with Crippen molar-refractivity contribution in [1.29, 1.82) is 0 Å². The summed E-state index contributed by atoms with van der Waals surface area (Å²) >= 11 is 1.75. The molecule has 6 nitrogen and oxygen atoms in total. The van der Waals surface area contributed by atoms with Crippen LogP contribution in [0, 0.1) is 0 Å². The van der Waals surface area contributed by atoms with E-state index in [-0.39, 0.29) is 24.4 Å². The number of methoxy groups -OCH3 is 2. The first-order valence-electron chi connectivity index (χ1n) is 8.94. The van der Waals surface area contributed by atoms with Crippen LogP contribution in [-0.4, -0.2) is 44.0 Å². The molecule has 0 fully saturated rings. The van der Waals surface area contributed by atoms with Gasteiger partial charge >= 0.3 is 0 Å². The van der Waals surface area contributed by atoms with Crippen LogP contribution >= 0.6 is 11.3 Å². The van der Waals surface area contributed by atoms with Crippen molar-refractivity contribution in [3.05, 3.63) is 45.6 Å². The van der Waals surface area contributed by atoms with Gasteiger partial charge in [-0.2, -0.15) is 0 Å². The molecule has 7 heteroatoms. The monoisotopic (exact) mass is 388 g/mol. The molecule has 2 heterocycles. The Hall–Kier alpha value is -2.54. The van der Waals surface area contributed by atoms with Gasteiger partial charge in [0.25, 0.3) is 5.91 Å². The van der Waals surface area contributed by atoms with E-state index in [0.717, 1.165) is 12.8 Å². The molecule has 0 radical (unpaired) electrons. The lowest BCUT2D eigenvalue weighted by atomic mass is 9.98. The van der Waals surface area contributed by atoms with Crippen LogP contribution in [0.4, 0.5) is 0 Å². The van der Waals surface area contributed by atoms with Gasteiger partial charge in [0.1, 0.15) is 11.5 Å². The molecular formula is C20H24N2O4S. The minimum absolute atomic E-state index is 0.0334.